The molecular formula is C26H15F5N2O6S. The molecule has 7 rings (SSSR count). The first-order chi connectivity index (χ1) is 19.0. The minimum Gasteiger partial charge on any atom is -0.394 e. The van der Waals surface area contributed by atoms with Crippen molar-refractivity contribution >= 4 is 65.1 Å². The van der Waals surface area contributed by atoms with E-state index in [1.165, 1.54) is 0 Å². The van der Waals surface area contributed by atoms with Crippen LogP contribution in [0.5, 0.6) is 0 Å². The molecule has 4 N–H and O–H groups in total. The van der Waals surface area contributed by atoms with E-state index in [1.54, 1.807) is 0 Å². The fourth-order valence-corrected chi connectivity index (χ4v) is 7.02. The van der Waals surface area contributed by atoms with Crippen molar-refractivity contribution in [3.05, 3.63) is 58.7 Å². The molecule has 40 heavy (non-hydrogen) atoms. The zero-order valence-corrected chi connectivity index (χ0v) is 20.5. The molecule has 0 saturated carbocycles. The number of alkyl halides is 1. The summed E-state index contributed by atoms with van der Waals surface area (Å²) in [7, 11) is 0. The maximum absolute atomic E-state index is 14.6. The Morgan fingerprint density at radius 3 is 2.15 bits per heavy atom. The number of imide groups is 1. The van der Waals surface area contributed by atoms with Gasteiger partial charge in [-0.15, -0.1) is 11.3 Å². The Hall–Kier alpha value is -3.69. The van der Waals surface area contributed by atoms with E-state index >= 15 is 0 Å². The van der Waals surface area contributed by atoms with Gasteiger partial charge in [0.1, 0.15) is 18.3 Å². The molecule has 5 atom stereocenters. The van der Waals surface area contributed by atoms with E-state index in [0.29, 0.717) is 0 Å². The number of aromatic nitrogens is 1. The zero-order chi connectivity index (χ0) is 28.4. The number of fused-ring (bicyclic) bond motifs is 10. The summed E-state index contributed by atoms with van der Waals surface area (Å²) in [6, 6.07) is 3.25. The highest BCUT2D eigenvalue weighted by molar-refractivity contribution is 7.26. The third-order valence-electron chi connectivity index (χ3n) is 7.49. The number of carbonyl (C=O) groups is 2. The highest BCUT2D eigenvalue weighted by Gasteiger charge is 2.47. The van der Waals surface area contributed by atoms with E-state index in [-0.39, 0.29) is 53.1 Å². The van der Waals surface area contributed by atoms with Crippen LogP contribution in [0.4, 0.5) is 22.0 Å². The van der Waals surface area contributed by atoms with Gasteiger partial charge >= 0.3 is 0 Å². The number of amides is 2. The van der Waals surface area contributed by atoms with Gasteiger partial charge in [-0.3, -0.25) is 14.9 Å². The van der Waals surface area contributed by atoms with E-state index in [0.717, 1.165) is 40.2 Å². The second-order valence-electron chi connectivity index (χ2n) is 9.65. The average Bonchev–Trinajstić information content (AvgIpc) is 3.52. The lowest BCUT2D eigenvalue weighted by atomic mass is 9.96. The normalized spacial score (nSPS) is 25.1. The summed E-state index contributed by atoms with van der Waals surface area (Å²) in [5.41, 5.74) is -0.669. The quantitative estimate of drug-likeness (QED) is 0.188. The van der Waals surface area contributed by atoms with Gasteiger partial charge in [0.2, 0.25) is 0 Å². The van der Waals surface area contributed by atoms with Crippen molar-refractivity contribution in [1.82, 2.24) is 9.88 Å². The first-order valence-electron chi connectivity index (χ1n) is 11.9. The van der Waals surface area contributed by atoms with Crippen molar-refractivity contribution in [3.8, 4) is 0 Å². The van der Waals surface area contributed by atoms with Crippen LogP contribution >= 0.6 is 11.3 Å². The minimum absolute atomic E-state index is 0.0303. The summed E-state index contributed by atoms with van der Waals surface area (Å²) in [5.74, 6) is -6.83. The SMILES string of the molecule is O=C1NC(=O)c2c1c1c3cc(F)c(F)cc3sc1c1c2c2cc(F)c(F)cc2n1C1O[C@H](CO)[C@@H](F)[C@H](O)[C@H]1O. The van der Waals surface area contributed by atoms with Crippen LogP contribution in [0.15, 0.2) is 24.3 Å². The number of nitrogens with one attached hydrogen (secondary N) is 1. The molecule has 3 aromatic carbocycles. The Balaban J connectivity index is 1.74. The summed E-state index contributed by atoms with van der Waals surface area (Å²) in [4.78, 5) is 26.1. The number of halogens is 5. The second kappa shape index (κ2) is 8.41. The lowest BCUT2D eigenvalue weighted by Gasteiger charge is -2.40. The van der Waals surface area contributed by atoms with Gasteiger partial charge in [0.15, 0.2) is 35.7 Å². The summed E-state index contributed by atoms with van der Waals surface area (Å²) in [6.07, 6.45) is -9.64. The summed E-state index contributed by atoms with van der Waals surface area (Å²) >= 11 is 0.865. The molecule has 0 aliphatic carbocycles. The van der Waals surface area contributed by atoms with Crippen LogP contribution in [0.25, 0.3) is 42.0 Å². The van der Waals surface area contributed by atoms with E-state index in [2.05, 4.69) is 5.32 Å². The number of rotatable bonds is 2. The van der Waals surface area contributed by atoms with Gasteiger partial charge in [-0.05, 0) is 18.2 Å². The van der Waals surface area contributed by atoms with Crippen LogP contribution in [0, 0.1) is 23.3 Å². The molecule has 2 aromatic heterocycles. The third kappa shape index (κ3) is 3.13. The predicted molar refractivity (Wildman–Crippen MR) is 132 cm³/mol. The Bertz CT molecular complexity index is 1970. The fourth-order valence-electron chi connectivity index (χ4n) is 5.75. The van der Waals surface area contributed by atoms with E-state index in [1.807, 2.05) is 0 Å². The molecule has 1 saturated heterocycles. The maximum atomic E-state index is 14.6. The van der Waals surface area contributed by atoms with E-state index in [4.69, 9.17) is 4.74 Å². The molecule has 1 fully saturated rings. The standard InChI is InChI=1S/C26H15F5N2O6S/c27-8-1-6-12(3-10(8)29)33(26-22(36)21(35)19(31)13(5-34)39-26)20-15(6)17-18(25(38)32-24(17)37)16-7-2-9(28)11(30)4-14(7)40-23(16)20/h1-4,13,19,21-22,26,34-36H,5H2,(H,32,37,38)/t13-,19-,21+,22-,26?/m1/s1. The van der Waals surface area contributed by atoms with Crippen LogP contribution in [0.2, 0.25) is 0 Å². The Kier molecular flexibility index (Phi) is 5.32. The summed E-state index contributed by atoms with van der Waals surface area (Å²) < 4.78 is 79.4. The monoisotopic (exact) mass is 578 g/mol. The van der Waals surface area contributed by atoms with Gasteiger partial charge in [0.25, 0.3) is 11.8 Å². The van der Waals surface area contributed by atoms with Gasteiger partial charge in [0, 0.05) is 32.3 Å². The molecule has 5 aromatic rings. The maximum Gasteiger partial charge on any atom is 0.259 e. The molecule has 0 bridgehead atoms. The molecule has 1 unspecified atom stereocenters. The molecule has 2 aliphatic heterocycles. The molecule has 206 valence electrons. The zero-order valence-electron chi connectivity index (χ0n) is 19.7. The van der Waals surface area contributed by atoms with Crippen molar-refractivity contribution in [1.29, 1.82) is 0 Å². The third-order valence-corrected chi connectivity index (χ3v) is 8.65. The van der Waals surface area contributed by atoms with Crippen LogP contribution < -0.4 is 5.32 Å². The van der Waals surface area contributed by atoms with Crippen LogP contribution in [0.3, 0.4) is 0 Å². The van der Waals surface area contributed by atoms with Gasteiger partial charge < -0.3 is 24.6 Å². The van der Waals surface area contributed by atoms with E-state index < -0.39 is 72.4 Å². The number of nitrogens with zero attached hydrogens (tertiary/aromatic N) is 1. The molecule has 0 radical (unpaired) electrons. The lowest BCUT2D eigenvalue weighted by Crippen LogP contribution is -2.54. The Morgan fingerprint density at radius 2 is 1.48 bits per heavy atom. The van der Waals surface area contributed by atoms with Gasteiger partial charge in [-0.2, -0.15) is 0 Å². The number of hydrogen-bond donors (Lipinski definition) is 4. The van der Waals surface area contributed by atoms with E-state index in [9.17, 15) is 46.9 Å². The lowest BCUT2D eigenvalue weighted by molar-refractivity contribution is -0.233. The summed E-state index contributed by atoms with van der Waals surface area (Å²) in [5, 5.41) is 33.1. The van der Waals surface area contributed by atoms with Crippen LogP contribution in [-0.4, -0.2) is 62.8 Å². The minimum atomic E-state index is -2.21. The fraction of sp³-hybridized carbons (Fsp3) is 0.231. The summed E-state index contributed by atoms with van der Waals surface area (Å²) in [6.45, 7) is -0.912. The first-order valence-corrected chi connectivity index (χ1v) is 12.7. The van der Waals surface area contributed by atoms with Gasteiger partial charge in [0.05, 0.1) is 33.5 Å². The molecule has 2 amide bonds. The second-order valence-corrected chi connectivity index (χ2v) is 10.7. The van der Waals surface area contributed by atoms with Crippen molar-refractivity contribution in [3.63, 3.8) is 0 Å². The van der Waals surface area contributed by atoms with Crippen LogP contribution in [-0.2, 0) is 4.74 Å². The number of thiophene rings is 1. The van der Waals surface area contributed by atoms with Crippen molar-refractivity contribution in [2.75, 3.05) is 6.61 Å². The molecule has 4 heterocycles. The molecule has 0 spiro atoms. The highest BCUT2D eigenvalue weighted by Crippen LogP contribution is 2.49. The van der Waals surface area contributed by atoms with Crippen molar-refractivity contribution in [2.24, 2.45) is 0 Å². The first kappa shape index (κ1) is 25.3. The molecule has 8 nitrogen and oxygen atoms in total. The molecule has 14 heteroatoms. The highest BCUT2D eigenvalue weighted by atomic mass is 32.1. The largest absolute Gasteiger partial charge is 0.394 e. The average molecular weight is 578 g/mol. The molecule has 2 aliphatic rings. The number of carbonyl (C=O) groups excluding carboxylic acids is 2. The Labute approximate surface area is 222 Å². The van der Waals surface area contributed by atoms with Gasteiger partial charge in [-0.25, -0.2) is 22.0 Å². The number of aliphatic hydroxyl groups is 3. The molecular weight excluding hydrogens is 563 g/mol. The van der Waals surface area contributed by atoms with Crippen LogP contribution in [0.1, 0.15) is 26.9 Å². The predicted octanol–water partition coefficient (Wildman–Crippen LogP) is 3.55. The number of aliphatic hydroxyl groups excluding tert-OH is 3. The van der Waals surface area contributed by atoms with Crippen molar-refractivity contribution in [2.45, 2.75) is 30.7 Å². The van der Waals surface area contributed by atoms with Crippen molar-refractivity contribution < 1.29 is 51.6 Å². The topological polar surface area (TPSA) is 121 Å². The Morgan fingerprint density at radius 1 is 0.875 bits per heavy atom. The number of benzene rings is 3. The number of hydrogen-bond acceptors (Lipinski definition) is 7. The number of ether oxygens (including phenoxy) is 1. The smallest absolute Gasteiger partial charge is 0.259 e. The van der Waals surface area contributed by atoms with Gasteiger partial charge in [-0.1, -0.05) is 0 Å².